The van der Waals surface area contributed by atoms with Gasteiger partial charge in [-0.05, 0) is 32.3 Å². The second kappa shape index (κ2) is 6.33. The van der Waals surface area contributed by atoms with E-state index in [-0.39, 0.29) is 6.17 Å². The van der Waals surface area contributed by atoms with Crippen LogP contribution in [0.5, 0.6) is 0 Å². The third-order valence-corrected chi connectivity index (χ3v) is 2.77. The van der Waals surface area contributed by atoms with E-state index in [0.29, 0.717) is 0 Å². The Morgan fingerprint density at radius 1 is 1.39 bits per heavy atom. The fourth-order valence-corrected chi connectivity index (χ4v) is 1.75. The first-order valence-electron chi connectivity index (χ1n) is 6.19. The van der Waals surface area contributed by atoms with E-state index < -0.39 is 0 Å². The molecule has 0 aromatic carbocycles. The fraction of sp³-hybridized carbons (Fsp3) is 0.357. The predicted octanol–water partition coefficient (Wildman–Crippen LogP) is 1.06. The normalized spacial score (nSPS) is 18.6. The summed E-state index contributed by atoms with van der Waals surface area (Å²) >= 11 is 0. The number of nitrogens with one attached hydrogen (secondary N) is 2. The average molecular weight is 244 g/mol. The van der Waals surface area contributed by atoms with Crippen LogP contribution in [-0.2, 0) is 0 Å². The van der Waals surface area contributed by atoms with E-state index in [9.17, 15) is 0 Å². The molecule has 1 unspecified atom stereocenters. The summed E-state index contributed by atoms with van der Waals surface area (Å²) in [4.78, 5) is 6.49. The molecule has 0 fully saturated rings. The number of aromatic nitrogens is 1. The van der Waals surface area contributed by atoms with Crippen molar-refractivity contribution in [1.29, 1.82) is 0 Å². The number of nitrogens with zero attached hydrogens (tertiary/aromatic N) is 2. The summed E-state index contributed by atoms with van der Waals surface area (Å²) in [6.07, 6.45) is 8.25. The molecular weight excluding hydrogens is 224 g/mol. The van der Waals surface area contributed by atoms with E-state index in [1.165, 1.54) is 0 Å². The highest BCUT2D eigenvalue weighted by Gasteiger charge is 2.08. The summed E-state index contributed by atoms with van der Waals surface area (Å²) in [5.41, 5.74) is 2.11. The third kappa shape index (κ3) is 3.68. The van der Waals surface area contributed by atoms with Gasteiger partial charge in [-0.1, -0.05) is 12.1 Å². The Kier molecular flexibility index (Phi) is 4.50. The summed E-state index contributed by atoms with van der Waals surface area (Å²) < 4.78 is 0. The minimum absolute atomic E-state index is 0.206. The van der Waals surface area contributed by atoms with Crippen molar-refractivity contribution in [2.24, 2.45) is 0 Å². The first-order chi connectivity index (χ1) is 8.75. The number of rotatable bonds is 5. The van der Waals surface area contributed by atoms with Gasteiger partial charge in [0, 0.05) is 31.1 Å². The quantitative estimate of drug-likeness (QED) is 0.812. The maximum Gasteiger partial charge on any atom is 0.0960 e. The van der Waals surface area contributed by atoms with Gasteiger partial charge in [-0.25, -0.2) is 0 Å². The van der Waals surface area contributed by atoms with Crippen LogP contribution < -0.4 is 10.6 Å². The molecule has 0 bridgehead atoms. The molecule has 2 heterocycles. The van der Waals surface area contributed by atoms with E-state index >= 15 is 0 Å². The Balaban J connectivity index is 1.84. The van der Waals surface area contributed by atoms with Gasteiger partial charge in [0.05, 0.1) is 11.9 Å². The molecule has 96 valence electrons. The molecule has 1 aromatic heterocycles. The Morgan fingerprint density at radius 3 is 2.89 bits per heavy atom. The van der Waals surface area contributed by atoms with Crippen LogP contribution in [0.15, 0.2) is 42.7 Å². The van der Waals surface area contributed by atoms with Crippen molar-refractivity contribution < 1.29 is 0 Å². The maximum absolute atomic E-state index is 4.33. The Labute approximate surface area is 108 Å². The van der Waals surface area contributed by atoms with Gasteiger partial charge in [-0.15, -0.1) is 0 Å². The number of hydrogen-bond acceptors (Lipinski definition) is 4. The third-order valence-electron chi connectivity index (χ3n) is 2.77. The van der Waals surface area contributed by atoms with Crippen LogP contribution >= 0.6 is 0 Å². The lowest BCUT2D eigenvalue weighted by Crippen LogP contribution is -2.42. The van der Waals surface area contributed by atoms with Gasteiger partial charge in [-0.3, -0.25) is 10.3 Å². The number of pyridine rings is 1. The van der Waals surface area contributed by atoms with E-state index in [2.05, 4.69) is 46.8 Å². The van der Waals surface area contributed by atoms with E-state index in [4.69, 9.17) is 0 Å². The Morgan fingerprint density at radius 2 is 2.28 bits per heavy atom. The molecule has 0 amide bonds. The van der Waals surface area contributed by atoms with Crippen LogP contribution in [-0.4, -0.2) is 43.2 Å². The molecule has 4 heteroatoms. The number of dihydropyridines is 1. The Hall–Kier alpha value is -1.65. The lowest BCUT2D eigenvalue weighted by atomic mass is 10.1. The van der Waals surface area contributed by atoms with Gasteiger partial charge in [0.15, 0.2) is 0 Å². The summed E-state index contributed by atoms with van der Waals surface area (Å²) in [6.45, 7) is 1.99. The fourth-order valence-electron chi connectivity index (χ4n) is 1.75. The van der Waals surface area contributed by atoms with Crippen molar-refractivity contribution in [3.05, 3.63) is 48.4 Å². The minimum Gasteiger partial charge on any atom is -0.372 e. The van der Waals surface area contributed by atoms with Crippen LogP contribution in [0.3, 0.4) is 0 Å². The molecule has 2 rings (SSSR count). The van der Waals surface area contributed by atoms with Crippen LogP contribution in [0, 0.1) is 0 Å². The summed E-state index contributed by atoms with van der Waals surface area (Å²) in [6, 6.07) is 5.94. The van der Waals surface area contributed by atoms with Crippen molar-refractivity contribution in [3.8, 4) is 0 Å². The number of likely N-dealkylation sites (N-methyl/N-ethyl adjacent to an activating group) is 1. The highest BCUT2D eigenvalue weighted by Crippen LogP contribution is 2.14. The van der Waals surface area contributed by atoms with Crippen LogP contribution in [0.4, 0.5) is 0 Å². The van der Waals surface area contributed by atoms with Crippen molar-refractivity contribution in [2.45, 2.75) is 6.17 Å². The molecule has 1 aliphatic rings. The van der Waals surface area contributed by atoms with Crippen molar-refractivity contribution in [1.82, 2.24) is 20.5 Å². The molecule has 2 N–H and O–H groups in total. The first-order valence-corrected chi connectivity index (χ1v) is 6.19. The average Bonchev–Trinajstić information content (AvgIpc) is 2.40. The van der Waals surface area contributed by atoms with Gasteiger partial charge in [0.1, 0.15) is 0 Å². The zero-order valence-corrected chi connectivity index (χ0v) is 10.9. The van der Waals surface area contributed by atoms with Gasteiger partial charge in [0.2, 0.25) is 0 Å². The molecule has 1 aliphatic heterocycles. The largest absolute Gasteiger partial charge is 0.372 e. The smallest absolute Gasteiger partial charge is 0.0960 e. The maximum atomic E-state index is 4.33. The second-order valence-corrected chi connectivity index (χ2v) is 4.58. The summed E-state index contributed by atoms with van der Waals surface area (Å²) in [5, 5.41) is 6.74. The second-order valence-electron chi connectivity index (χ2n) is 4.58. The SMILES string of the molecule is CN(C)CCNC1C=CC(c2ccccn2)=CN1. The van der Waals surface area contributed by atoms with Crippen molar-refractivity contribution in [2.75, 3.05) is 27.2 Å². The monoisotopic (exact) mass is 244 g/mol. The molecule has 0 aliphatic carbocycles. The molecule has 4 nitrogen and oxygen atoms in total. The van der Waals surface area contributed by atoms with Gasteiger partial charge in [0.25, 0.3) is 0 Å². The molecular formula is C14H20N4. The topological polar surface area (TPSA) is 40.2 Å². The summed E-state index contributed by atoms with van der Waals surface area (Å²) in [5.74, 6) is 0. The van der Waals surface area contributed by atoms with E-state index in [0.717, 1.165) is 24.4 Å². The highest BCUT2D eigenvalue weighted by molar-refractivity contribution is 5.72. The lowest BCUT2D eigenvalue weighted by Gasteiger charge is -2.21. The lowest BCUT2D eigenvalue weighted by molar-refractivity contribution is 0.387. The molecule has 0 saturated heterocycles. The van der Waals surface area contributed by atoms with Gasteiger partial charge in [-0.2, -0.15) is 0 Å². The van der Waals surface area contributed by atoms with E-state index in [1.807, 2.05) is 30.6 Å². The molecule has 1 aromatic rings. The van der Waals surface area contributed by atoms with E-state index in [1.54, 1.807) is 0 Å². The molecule has 0 spiro atoms. The molecule has 0 radical (unpaired) electrons. The molecule has 1 atom stereocenters. The zero-order chi connectivity index (χ0) is 12.8. The first kappa shape index (κ1) is 12.8. The van der Waals surface area contributed by atoms with Crippen molar-refractivity contribution in [3.63, 3.8) is 0 Å². The number of allylic oxidation sites excluding steroid dienone is 2. The highest BCUT2D eigenvalue weighted by atomic mass is 15.1. The predicted molar refractivity (Wildman–Crippen MR) is 74.8 cm³/mol. The van der Waals surface area contributed by atoms with Crippen molar-refractivity contribution >= 4 is 5.57 Å². The van der Waals surface area contributed by atoms with Gasteiger partial charge >= 0.3 is 0 Å². The summed E-state index contributed by atoms with van der Waals surface area (Å²) in [7, 11) is 4.15. The van der Waals surface area contributed by atoms with Crippen LogP contribution in [0.2, 0.25) is 0 Å². The molecule has 0 saturated carbocycles. The number of hydrogen-bond donors (Lipinski definition) is 2. The Bertz CT molecular complexity index is 423. The molecule has 18 heavy (non-hydrogen) atoms. The minimum atomic E-state index is 0.206. The van der Waals surface area contributed by atoms with Gasteiger partial charge < -0.3 is 10.2 Å². The van der Waals surface area contributed by atoms with Crippen LogP contribution in [0.25, 0.3) is 5.57 Å². The standard InChI is InChI=1S/C14H20N4/c1-18(2)10-9-16-14-7-6-12(11-17-14)13-5-3-4-8-15-13/h3-8,11,14,16-17H,9-10H2,1-2H3. The van der Waals surface area contributed by atoms with Crippen LogP contribution in [0.1, 0.15) is 5.69 Å². The zero-order valence-electron chi connectivity index (χ0n) is 10.9.